The summed E-state index contributed by atoms with van der Waals surface area (Å²) in [4.78, 5) is 11.1. The zero-order chi connectivity index (χ0) is 18.2. The number of nitrogens with one attached hydrogen (secondary N) is 3. The van der Waals surface area contributed by atoms with Gasteiger partial charge in [0, 0.05) is 38.3 Å². The Bertz CT molecular complexity index is 688. The average molecular weight is 355 g/mol. The van der Waals surface area contributed by atoms with Crippen LogP contribution in [0.4, 0.5) is 0 Å². The van der Waals surface area contributed by atoms with Gasteiger partial charge in [-0.15, -0.1) is 0 Å². The van der Waals surface area contributed by atoms with Gasteiger partial charge in [-0.1, -0.05) is 25.1 Å². The Morgan fingerprint density at radius 1 is 1.35 bits per heavy atom. The van der Waals surface area contributed by atoms with E-state index in [2.05, 4.69) is 54.8 Å². The number of hydrogen-bond acceptors (Lipinski definition) is 4. The molecule has 140 valence electrons. The van der Waals surface area contributed by atoms with Crippen LogP contribution in [0.25, 0.3) is 11.4 Å². The van der Waals surface area contributed by atoms with E-state index in [0.29, 0.717) is 6.04 Å². The summed E-state index contributed by atoms with van der Waals surface area (Å²) in [6.45, 7) is 6.51. The van der Waals surface area contributed by atoms with Crippen LogP contribution in [0, 0.1) is 0 Å². The molecule has 1 aromatic carbocycles. The van der Waals surface area contributed by atoms with Crippen molar-refractivity contribution in [1.82, 2.24) is 30.7 Å². The molecule has 1 aromatic heterocycles. The minimum Gasteiger partial charge on any atom is -0.354 e. The van der Waals surface area contributed by atoms with E-state index in [-0.39, 0.29) is 0 Å². The van der Waals surface area contributed by atoms with Crippen molar-refractivity contribution in [1.29, 1.82) is 0 Å². The molecule has 0 unspecified atom stereocenters. The van der Waals surface area contributed by atoms with Crippen LogP contribution in [-0.2, 0) is 6.54 Å². The molecule has 0 spiro atoms. The molecule has 0 amide bonds. The number of benzene rings is 1. The Morgan fingerprint density at radius 3 is 2.88 bits per heavy atom. The summed E-state index contributed by atoms with van der Waals surface area (Å²) in [6.07, 6.45) is 5.09. The van der Waals surface area contributed by atoms with Crippen molar-refractivity contribution in [3.63, 3.8) is 0 Å². The lowest BCUT2D eigenvalue weighted by atomic mass is 10.1. The second kappa shape index (κ2) is 9.33. The number of aromatic amines is 1. The summed E-state index contributed by atoms with van der Waals surface area (Å²) in [5.41, 5.74) is 2.22. The molecule has 0 radical (unpaired) electrons. The van der Waals surface area contributed by atoms with Gasteiger partial charge < -0.3 is 15.5 Å². The minimum absolute atomic E-state index is 0.495. The number of guanidine groups is 1. The van der Waals surface area contributed by atoms with E-state index in [1.807, 2.05) is 19.2 Å². The van der Waals surface area contributed by atoms with Gasteiger partial charge in [0.05, 0.1) is 0 Å². The second-order valence-electron chi connectivity index (χ2n) is 6.72. The fraction of sp³-hybridized carbons (Fsp3) is 0.526. The maximum Gasteiger partial charge on any atom is 0.191 e. The Labute approximate surface area is 155 Å². The van der Waals surface area contributed by atoms with Crippen molar-refractivity contribution in [2.75, 3.05) is 26.7 Å². The number of piperidine rings is 1. The van der Waals surface area contributed by atoms with Crippen LogP contribution in [0.5, 0.6) is 0 Å². The zero-order valence-corrected chi connectivity index (χ0v) is 15.7. The molecule has 0 bridgehead atoms. The summed E-state index contributed by atoms with van der Waals surface area (Å²) in [5.74, 6) is 1.65. The van der Waals surface area contributed by atoms with Crippen molar-refractivity contribution >= 4 is 5.96 Å². The Balaban J connectivity index is 1.50. The molecule has 1 aliphatic rings. The van der Waals surface area contributed by atoms with Crippen LogP contribution in [0.3, 0.4) is 0 Å². The molecule has 1 fully saturated rings. The Hall–Kier alpha value is -2.41. The molecule has 7 nitrogen and oxygen atoms in total. The number of likely N-dealkylation sites (tertiary alicyclic amines) is 1. The summed E-state index contributed by atoms with van der Waals surface area (Å²) in [5, 5.41) is 13.8. The lowest BCUT2D eigenvalue weighted by Gasteiger charge is -2.32. The van der Waals surface area contributed by atoms with Crippen LogP contribution >= 0.6 is 0 Å². The van der Waals surface area contributed by atoms with Crippen molar-refractivity contribution in [2.45, 2.75) is 38.8 Å². The molecule has 0 aliphatic carbocycles. The number of H-pyrrole nitrogens is 1. The first-order valence-electron chi connectivity index (χ1n) is 9.42. The van der Waals surface area contributed by atoms with Gasteiger partial charge in [-0.3, -0.25) is 10.1 Å². The van der Waals surface area contributed by atoms with E-state index in [1.54, 1.807) is 0 Å². The SMILES string of the molecule is CCCN1CCC(NC(=NC)NCc2cccc(-c3ncn[nH]3)c2)CC1. The van der Waals surface area contributed by atoms with Crippen LogP contribution in [0.1, 0.15) is 31.7 Å². The zero-order valence-electron chi connectivity index (χ0n) is 15.7. The molecule has 3 N–H and O–H groups in total. The Morgan fingerprint density at radius 2 is 2.19 bits per heavy atom. The molecular formula is C19H29N7. The number of nitrogens with zero attached hydrogens (tertiary/aromatic N) is 4. The number of aliphatic imine (C=N–C) groups is 1. The molecule has 0 saturated carbocycles. The van der Waals surface area contributed by atoms with E-state index >= 15 is 0 Å². The van der Waals surface area contributed by atoms with E-state index in [0.717, 1.165) is 23.9 Å². The molecular weight excluding hydrogens is 326 g/mol. The second-order valence-corrected chi connectivity index (χ2v) is 6.72. The maximum atomic E-state index is 4.38. The molecule has 1 aliphatic heterocycles. The monoisotopic (exact) mass is 355 g/mol. The fourth-order valence-corrected chi connectivity index (χ4v) is 3.36. The molecule has 26 heavy (non-hydrogen) atoms. The van der Waals surface area contributed by atoms with Gasteiger partial charge >= 0.3 is 0 Å². The fourth-order valence-electron chi connectivity index (χ4n) is 3.36. The first kappa shape index (κ1) is 18.4. The molecule has 3 rings (SSSR count). The third kappa shape index (κ3) is 5.05. The predicted molar refractivity (Wildman–Crippen MR) is 105 cm³/mol. The van der Waals surface area contributed by atoms with Gasteiger partial charge in [-0.2, -0.15) is 5.10 Å². The van der Waals surface area contributed by atoms with Gasteiger partial charge in [0.1, 0.15) is 6.33 Å². The van der Waals surface area contributed by atoms with Crippen molar-refractivity contribution < 1.29 is 0 Å². The predicted octanol–water partition coefficient (Wildman–Crippen LogP) is 2.01. The quantitative estimate of drug-likeness (QED) is 0.545. The van der Waals surface area contributed by atoms with Crippen LogP contribution in [0.15, 0.2) is 35.6 Å². The van der Waals surface area contributed by atoms with Crippen LogP contribution in [0.2, 0.25) is 0 Å². The average Bonchev–Trinajstić information content (AvgIpc) is 3.22. The minimum atomic E-state index is 0.495. The molecule has 0 atom stereocenters. The topological polar surface area (TPSA) is 81.2 Å². The molecule has 2 aromatic rings. The van der Waals surface area contributed by atoms with Gasteiger partial charge in [0.15, 0.2) is 11.8 Å². The molecule has 7 heteroatoms. The first-order valence-corrected chi connectivity index (χ1v) is 9.42. The maximum absolute atomic E-state index is 4.38. The smallest absolute Gasteiger partial charge is 0.191 e. The van der Waals surface area contributed by atoms with E-state index in [4.69, 9.17) is 0 Å². The van der Waals surface area contributed by atoms with Crippen molar-refractivity contribution in [3.05, 3.63) is 36.2 Å². The van der Waals surface area contributed by atoms with E-state index < -0.39 is 0 Å². The highest BCUT2D eigenvalue weighted by molar-refractivity contribution is 5.80. The van der Waals surface area contributed by atoms with Crippen molar-refractivity contribution in [3.8, 4) is 11.4 Å². The first-order chi connectivity index (χ1) is 12.8. The van der Waals surface area contributed by atoms with Gasteiger partial charge in [0.2, 0.25) is 0 Å². The third-order valence-electron chi connectivity index (χ3n) is 4.77. The Kier molecular flexibility index (Phi) is 6.60. The number of rotatable bonds is 6. The summed E-state index contributed by atoms with van der Waals surface area (Å²) < 4.78 is 0. The molecule has 2 heterocycles. The van der Waals surface area contributed by atoms with E-state index in [9.17, 15) is 0 Å². The van der Waals surface area contributed by atoms with Gasteiger partial charge in [0.25, 0.3) is 0 Å². The van der Waals surface area contributed by atoms with Gasteiger partial charge in [-0.25, -0.2) is 4.98 Å². The number of aromatic nitrogens is 3. The third-order valence-corrected chi connectivity index (χ3v) is 4.77. The van der Waals surface area contributed by atoms with E-state index in [1.165, 1.54) is 50.8 Å². The van der Waals surface area contributed by atoms with Crippen LogP contribution in [-0.4, -0.2) is 58.8 Å². The normalized spacial score (nSPS) is 16.6. The lowest BCUT2D eigenvalue weighted by Crippen LogP contribution is -2.48. The standard InChI is InChI=1S/C19H29N7/c1-3-9-26-10-7-17(8-11-26)24-19(20-2)21-13-15-5-4-6-16(12-15)18-22-14-23-25-18/h4-6,12,14,17H,3,7-11,13H2,1-2H3,(H2,20,21,24)(H,22,23,25). The van der Waals surface area contributed by atoms with Crippen molar-refractivity contribution in [2.24, 2.45) is 4.99 Å². The lowest BCUT2D eigenvalue weighted by molar-refractivity contribution is 0.206. The van der Waals surface area contributed by atoms with Gasteiger partial charge in [-0.05, 0) is 37.4 Å². The highest BCUT2D eigenvalue weighted by atomic mass is 15.2. The summed E-state index contributed by atoms with van der Waals surface area (Å²) in [6, 6.07) is 8.78. The summed E-state index contributed by atoms with van der Waals surface area (Å²) >= 11 is 0. The highest BCUT2D eigenvalue weighted by Crippen LogP contribution is 2.15. The molecule has 1 saturated heterocycles. The van der Waals surface area contributed by atoms with Crippen LogP contribution < -0.4 is 10.6 Å². The summed E-state index contributed by atoms with van der Waals surface area (Å²) in [7, 11) is 1.83. The number of hydrogen-bond donors (Lipinski definition) is 3. The highest BCUT2D eigenvalue weighted by Gasteiger charge is 2.19. The largest absolute Gasteiger partial charge is 0.354 e.